The number of carbonyl (C=O) groups is 8. The lowest BCUT2D eigenvalue weighted by atomic mass is 9.90. The Balaban J connectivity index is 1.07. The SMILES string of the molecule is CC(=O)NC1C(O)[C@H](O)C(CO)O[C@H]1Oc1c2cc3cc1Oc1ccc(cc1Cl)[C@@H](O)[C@@H]1NC(=O)[C@H](NC(=O)[C@@H]3NC(=O)C3NC(=O)[C@@H](Cc4ccc(c(C)c4)O2)NC(=O)[C@H](N)c2ccc(O)c(c2)Oc2cc(O)cc3c2)c2ccc3c(c2)-c2c(cc(O)cc2C3(O)O)[C@@H](C(=O)O)NC1=O. The summed E-state index contributed by atoms with van der Waals surface area (Å²) < 4.78 is 32.1. The number of carboxylic acid groups (broad SMARTS) is 1. The minimum absolute atomic E-state index is 0.0184. The van der Waals surface area contributed by atoms with Crippen LogP contribution in [0.25, 0.3) is 11.1 Å². The number of phenolic OH excluding ortho intramolecular Hbond substituents is 3. The highest BCUT2D eigenvalue weighted by molar-refractivity contribution is 6.32. The maximum Gasteiger partial charge on any atom is 0.330 e. The number of halogens is 1. The Morgan fingerprint density at radius 2 is 1.26 bits per heavy atom. The fraction of sp³-hybridized carbons (Fsp3) is 0.265. The van der Waals surface area contributed by atoms with Gasteiger partial charge in [0.1, 0.15) is 95.5 Å². The molecule has 4 unspecified atom stereocenters. The first-order chi connectivity index (χ1) is 47.5. The van der Waals surface area contributed by atoms with E-state index in [1.807, 2.05) is 0 Å². The van der Waals surface area contributed by atoms with Gasteiger partial charge < -0.3 is 118 Å². The largest absolute Gasteiger partial charge is 0.508 e. The quantitative estimate of drug-likeness (QED) is 0.108. The monoisotopic (exact) mass is 1390 g/mol. The number of nitrogens with two attached hydrogens (primary N) is 1. The van der Waals surface area contributed by atoms with Crippen LogP contribution in [-0.4, -0.2) is 148 Å². The number of aliphatic hydroxyl groups excluding tert-OH is 4. The predicted molar refractivity (Wildman–Crippen MR) is 341 cm³/mol. The third kappa shape index (κ3) is 12.4. The Bertz CT molecular complexity index is 4630. The molecule has 1 aliphatic carbocycles. The summed E-state index contributed by atoms with van der Waals surface area (Å²) in [5.41, 5.74) is 4.39. The average Bonchev–Trinajstić information content (AvgIpc) is 1.56. The number of phenols is 3. The topological polar surface area (TPSA) is 495 Å². The van der Waals surface area contributed by atoms with Gasteiger partial charge in [-0.1, -0.05) is 48.0 Å². The number of hydrogen-bond acceptors (Lipinski definition) is 23. The molecule has 19 N–H and O–H groups in total. The number of hydrogen-bond donors (Lipinski definition) is 18. The molecule has 518 valence electrons. The van der Waals surface area contributed by atoms with Gasteiger partial charge in [0.2, 0.25) is 59.2 Å². The van der Waals surface area contributed by atoms with E-state index in [-0.39, 0.29) is 68.4 Å². The normalized spacial score (nSPS) is 25.9. The average molecular weight is 1390 g/mol. The molecule has 0 radical (unpaired) electrons. The van der Waals surface area contributed by atoms with Crippen LogP contribution in [-0.2, 0) is 55.3 Å². The summed E-state index contributed by atoms with van der Waals surface area (Å²) in [6.07, 6.45) is -9.82. The molecule has 100 heavy (non-hydrogen) atoms. The summed E-state index contributed by atoms with van der Waals surface area (Å²) in [6.45, 7) is 1.74. The zero-order valence-electron chi connectivity index (χ0n) is 52.1. The van der Waals surface area contributed by atoms with Crippen molar-refractivity contribution in [3.8, 4) is 68.6 Å². The van der Waals surface area contributed by atoms with Crippen molar-refractivity contribution < 1.29 is 113 Å². The lowest BCUT2D eigenvalue weighted by molar-refractivity contribution is -0.244. The number of rotatable bonds is 5. The zero-order chi connectivity index (χ0) is 71.2. The van der Waals surface area contributed by atoms with Gasteiger partial charge in [0.15, 0.2) is 29.0 Å². The second-order valence-electron chi connectivity index (χ2n) is 24.7. The van der Waals surface area contributed by atoms with Gasteiger partial charge in [-0.3, -0.25) is 33.6 Å². The van der Waals surface area contributed by atoms with Gasteiger partial charge in [0.25, 0.3) is 0 Å². The Hall–Kier alpha value is -11.1. The van der Waals surface area contributed by atoms with Crippen LogP contribution in [0.5, 0.6) is 57.5 Å². The molecule has 7 amide bonds. The maximum atomic E-state index is 16.3. The lowest BCUT2D eigenvalue weighted by Crippen LogP contribution is -2.65. The van der Waals surface area contributed by atoms with Crippen molar-refractivity contribution in [3.05, 3.63) is 176 Å². The molecule has 0 spiro atoms. The predicted octanol–water partition coefficient (Wildman–Crippen LogP) is 1.34. The lowest BCUT2D eigenvalue weighted by Gasteiger charge is -2.42. The highest BCUT2D eigenvalue weighted by Gasteiger charge is 2.49. The van der Waals surface area contributed by atoms with Crippen molar-refractivity contribution in [2.45, 2.75) is 105 Å². The van der Waals surface area contributed by atoms with Gasteiger partial charge in [-0.05, 0) is 135 Å². The van der Waals surface area contributed by atoms with Crippen molar-refractivity contribution in [1.29, 1.82) is 0 Å². The second-order valence-corrected chi connectivity index (χ2v) is 25.1. The van der Waals surface area contributed by atoms with Gasteiger partial charge in [-0.25, -0.2) is 4.79 Å². The van der Waals surface area contributed by atoms with Crippen molar-refractivity contribution in [2.75, 3.05) is 6.61 Å². The number of amides is 7. The van der Waals surface area contributed by atoms with Crippen LogP contribution in [0.1, 0.15) is 98.9 Å². The molecule has 7 aromatic rings. The van der Waals surface area contributed by atoms with Crippen molar-refractivity contribution >= 4 is 58.9 Å². The highest BCUT2D eigenvalue weighted by Crippen LogP contribution is 2.52. The third-order valence-electron chi connectivity index (χ3n) is 17.9. The smallest absolute Gasteiger partial charge is 0.330 e. The van der Waals surface area contributed by atoms with E-state index in [1.165, 1.54) is 48.5 Å². The minimum atomic E-state index is -3.00. The molecule has 0 saturated carbocycles. The van der Waals surface area contributed by atoms with Crippen LogP contribution < -0.4 is 61.9 Å². The van der Waals surface area contributed by atoms with Crippen molar-refractivity contribution in [2.24, 2.45) is 5.73 Å². The molecular weight excluding hydrogens is 1330 g/mol. The number of ether oxygens (including phenoxy) is 5. The first-order valence-corrected chi connectivity index (χ1v) is 31.2. The Morgan fingerprint density at radius 3 is 1.94 bits per heavy atom. The standard InChI is InChI=1S/C68H61ClN8O23/c1-24-11-26-3-9-42(24)97-45-18-31-19-46(59(45)100-67-55(71-25(2)79)58(85)57(84)47(23-78)99-67)98-43-10-6-29(16-39(43)69)56(83)54-65(91)76-53(66(92)93)36-21-33(81)22-38-48(36)35-15-28(4-7-37(35)68(38,94)95)50(62(88)77-54)74-64(90)52(31)75-63(89)51-30-13-32(80)20-34(14-30)96-44-17-27(5-8-41(44)82)49(70)61(87)72-40(12-26)60(86)73-51/h3-11,13-22,40,47,49-58,67,78,80-85,94-95H,12,23,70H2,1-2H3,(H,71,79)(H,72,87)(H,73,86)(H,74,90)(H,75,89)(H,76,91)(H,77,88)(H,92,93)/t40-,47?,49-,50-,51?,52-,53+,54+,55?,56-,57-,58?,67+/m1/s1. The van der Waals surface area contributed by atoms with Crippen molar-refractivity contribution in [3.63, 3.8) is 0 Å². The van der Waals surface area contributed by atoms with E-state index in [1.54, 1.807) is 13.0 Å². The molecule has 7 aliphatic heterocycles. The van der Waals surface area contributed by atoms with E-state index in [0.717, 1.165) is 67.6 Å². The summed E-state index contributed by atoms with van der Waals surface area (Å²) in [5, 5.41) is 131. The summed E-state index contributed by atoms with van der Waals surface area (Å²) in [4.78, 5) is 118. The number of fused-ring (bicyclic) bond motifs is 11. The number of aliphatic carboxylic acids is 1. The molecule has 7 heterocycles. The summed E-state index contributed by atoms with van der Waals surface area (Å²) in [6, 6.07) is 6.79. The number of benzene rings is 7. The van der Waals surface area contributed by atoms with E-state index in [4.69, 9.17) is 41.0 Å². The molecule has 15 rings (SSSR count). The number of aliphatic hydroxyl groups is 6. The number of carboxylic acids is 1. The molecular formula is C68H61ClN8O23. The number of carbonyl (C=O) groups excluding carboxylic acids is 7. The van der Waals surface area contributed by atoms with Crippen LogP contribution in [0.4, 0.5) is 0 Å². The molecule has 32 heteroatoms. The number of aryl methyl sites for hydroxylation is 1. The zero-order valence-corrected chi connectivity index (χ0v) is 52.9. The van der Waals surface area contributed by atoms with E-state index in [0.29, 0.717) is 11.1 Å². The van der Waals surface area contributed by atoms with Crippen LogP contribution >= 0.6 is 11.6 Å². The maximum absolute atomic E-state index is 16.3. The van der Waals surface area contributed by atoms with E-state index < -0.39 is 195 Å². The van der Waals surface area contributed by atoms with Gasteiger partial charge in [-0.15, -0.1) is 0 Å². The summed E-state index contributed by atoms with van der Waals surface area (Å²) in [7, 11) is 0. The molecule has 13 atom stereocenters. The van der Waals surface area contributed by atoms with E-state index >= 15 is 19.2 Å². The van der Waals surface area contributed by atoms with E-state index in [9.17, 15) is 70.2 Å². The summed E-state index contributed by atoms with van der Waals surface area (Å²) >= 11 is 7.06. The molecule has 1 fully saturated rings. The van der Waals surface area contributed by atoms with Crippen LogP contribution in [0, 0.1) is 6.92 Å². The van der Waals surface area contributed by atoms with Gasteiger partial charge in [0, 0.05) is 30.5 Å². The minimum Gasteiger partial charge on any atom is -0.508 e. The number of aromatic hydroxyl groups is 3. The first kappa shape index (κ1) is 67.4. The molecule has 0 aromatic heterocycles. The fourth-order valence-electron chi connectivity index (χ4n) is 13.0. The Morgan fingerprint density at radius 1 is 0.630 bits per heavy atom. The third-order valence-corrected chi connectivity index (χ3v) is 18.2. The van der Waals surface area contributed by atoms with Gasteiger partial charge in [0.05, 0.1) is 11.6 Å². The molecule has 7 aromatic carbocycles. The van der Waals surface area contributed by atoms with E-state index in [2.05, 4.69) is 37.2 Å². The number of nitrogens with one attached hydrogen (secondary N) is 7. The first-order valence-electron chi connectivity index (χ1n) is 30.8. The summed E-state index contributed by atoms with van der Waals surface area (Å²) in [5.74, 6) is -17.2. The Labute approximate surface area is 569 Å². The van der Waals surface area contributed by atoms with Crippen molar-refractivity contribution in [1.82, 2.24) is 37.2 Å². The van der Waals surface area contributed by atoms with Gasteiger partial charge >= 0.3 is 5.97 Å². The van der Waals surface area contributed by atoms with Crippen LogP contribution in [0.15, 0.2) is 115 Å². The highest BCUT2D eigenvalue weighted by atomic mass is 35.5. The van der Waals surface area contributed by atoms with Gasteiger partial charge in [-0.2, -0.15) is 0 Å². The molecule has 8 aliphatic rings. The molecule has 1 saturated heterocycles. The van der Waals surface area contributed by atoms with Crippen LogP contribution in [0.3, 0.4) is 0 Å². The molecule has 17 bridgehead atoms. The van der Waals surface area contributed by atoms with Crippen LogP contribution in [0.2, 0.25) is 5.02 Å². The fourth-order valence-corrected chi connectivity index (χ4v) is 13.2. The molecule has 31 nitrogen and oxygen atoms in total. The Kier molecular flexibility index (Phi) is 17.5. The second kappa shape index (κ2) is 25.9.